The zero-order chi connectivity index (χ0) is 19.4. The Bertz CT molecular complexity index is 907. The number of rotatable bonds is 6. The van der Waals surface area contributed by atoms with E-state index >= 15 is 0 Å². The van der Waals surface area contributed by atoms with Gasteiger partial charge in [0.15, 0.2) is 5.82 Å². The maximum Gasteiger partial charge on any atom is 0.243 e. The first-order valence-electron chi connectivity index (χ1n) is 8.56. The molecule has 1 N–H and O–H groups in total. The largest absolute Gasteiger partial charge is 0.360 e. The molecule has 10 heteroatoms. The third-order valence-corrected chi connectivity index (χ3v) is 6.70. The van der Waals surface area contributed by atoms with Gasteiger partial charge in [-0.05, 0) is 25.1 Å². The van der Waals surface area contributed by atoms with Crippen LogP contribution in [0.5, 0.6) is 0 Å². The fourth-order valence-corrected chi connectivity index (χ4v) is 4.88. The minimum atomic E-state index is -3.50. The Morgan fingerprint density at radius 3 is 2.63 bits per heavy atom. The predicted molar refractivity (Wildman–Crippen MR) is 104 cm³/mol. The highest BCUT2D eigenvalue weighted by Crippen LogP contribution is 2.21. The normalized spacial score (nSPS) is 16.4. The van der Waals surface area contributed by atoms with E-state index in [0.717, 1.165) is 4.47 Å². The molecule has 1 fully saturated rings. The number of nitrogens with one attached hydrogen (secondary N) is 1. The number of piperazine rings is 1. The molecule has 2 aromatic rings. The average Bonchev–Trinajstić information content (AvgIpc) is 3.05. The highest BCUT2D eigenvalue weighted by atomic mass is 79.9. The fourth-order valence-electron chi connectivity index (χ4n) is 2.86. The number of carbonyl (C=O) groups is 1. The van der Waals surface area contributed by atoms with Crippen LogP contribution in [0.15, 0.2) is 44.2 Å². The highest BCUT2D eigenvalue weighted by molar-refractivity contribution is 9.10. The third-order valence-electron chi connectivity index (χ3n) is 4.32. The summed E-state index contributed by atoms with van der Waals surface area (Å²) >= 11 is 3.31. The van der Waals surface area contributed by atoms with Gasteiger partial charge in [-0.2, -0.15) is 4.31 Å². The van der Waals surface area contributed by atoms with Crippen molar-refractivity contribution >= 4 is 37.7 Å². The number of sulfonamides is 1. The van der Waals surface area contributed by atoms with Gasteiger partial charge in [-0.25, -0.2) is 8.42 Å². The zero-order valence-electron chi connectivity index (χ0n) is 14.9. The summed E-state index contributed by atoms with van der Waals surface area (Å²) in [5.41, 5.74) is 0. The summed E-state index contributed by atoms with van der Waals surface area (Å²) < 4.78 is 32.6. The summed E-state index contributed by atoms with van der Waals surface area (Å²) in [7, 11) is -3.50. The first-order valence-corrected chi connectivity index (χ1v) is 10.8. The van der Waals surface area contributed by atoms with E-state index in [0.29, 0.717) is 50.7 Å². The molecule has 0 saturated carbocycles. The molecule has 0 spiro atoms. The predicted octanol–water partition coefficient (Wildman–Crippen LogP) is 2.08. The van der Waals surface area contributed by atoms with Crippen molar-refractivity contribution in [1.29, 1.82) is 0 Å². The summed E-state index contributed by atoms with van der Waals surface area (Å²) in [4.78, 5) is 14.3. The van der Waals surface area contributed by atoms with Crippen molar-refractivity contribution in [2.24, 2.45) is 0 Å². The number of carbonyl (C=O) groups excluding carboxylic acids is 1. The molecule has 0 bridgehead atoms. The topological polar surface area (TPSA) is 95.8 Å². The average molecular weight is 457 g/mol. The summed E-state index contributed by atoms with van der Waals surface area (Å²) in [6.45, 7) is 4.29. The van der Waals surface area contributed by atoms with Crippen molar-refractivity contribution < 1.29 is 17.7 Å². The maximum atomic E-state index is 12.7. The molecule has 0 radical (unpaired) electrons. The SMILES string of the molecule is Cc1cc(NC(=O)CCN2CCN(S(=O)(=O)c3cccc(Br)c3)CC2)no1. The van der Waals surface area contributed by atoms with Crippen LogP contribution in [0.2, 0.25) is 0 Å². The van der Waals surface area contributed by atoms with Crippen LogP contribution in [0.4, 0.5) is 5.82 Å². The van der Waals surface area contributed by atoms with Crippen LogP contribution in [0.25, 0.3) is 0 Å². The standard InChI is InChI=1S/C17H21BrN4O4S/c1-13-11-16(20-26-13)19-17(23)5-6-21-7-9-22(10-8-21)27(24,25)15-4-2-3-14(18)12-15/h2-4,11-12H,5-10H2,1H3,(H,19,20,23). The van der Waals surface area contributed by atoms with Crippen LogP contribution < -0.4 is 5.32 Å². The first kappa shape index (κ1) is 20.0. The van der Waals surface area contributed by atoms with Gasteiger partial charge in [-0.1, -0.05) is 27.2 Å². The Labute approximate surface area is 166 Å². The molecule has 1 aromatic carbocycles. The molecule has 1 saturated heterocycles. The molecule has 1 aliphatic rings. The van der Waals surface area contributed by atoms with Gasteiger partial charge in [0.1, 0.15) is 5.76 Å². The lowest BCUT2D eigenvalue weighted by atomic mass is 10.3. The Kier molecular flexibility index (Phi) is 6.30. The molecule has 0 unspecified atom stereocenters. The van der Waals surface area contributed by atoms with E-state index in [4.69, 9.17) is 4.52 Å². The smallest absolute Gasteiger partial charge is 0.243 e. The summed E-state index contributed by atoms with van der Waals surface area (Å²) in [5, 5.41) is 6.41. The fraction of sp³-hybridized carbons (Fsp3) is 0.412. The molecule has 2 heterocycles. The molecule has 1 aliphatic heterocycles. The zero-order valence-corrected chi connectivity index (χ0v) is 17.3. The van der Waals surface area contributed by atoms with Gasteiger partial charge in [0.25, 0.3) is 0 Å². The lowest BCUT2D eigenvalue weighted by Crippen LogP contribution is -2.49. The molecule has 3 rings (SSSR count). The molecule has 27 heavy (non-hydrogen) atoms. The van der Waals surface area contributed by atoms with E-state index < -0.39 is 10.0 Å². The first-order chi connectivity index (χ1) is 12.8. The number of nitrogens with zero attached hydrogens (tertiary/aromatic N) is 3. The third kappa shape index (κ3) is 5.16. The molecule has 1 aromatic heterocycles. The van der Waals surface area contributed by atoms with Gasteiger partial charge in [0.2, 0.25) is 15.9 Å². The molecular formula is C17H21BrN4O4S. The van der Waals surface area contributed by atoms with E-state index in [1.54, 1.807) is 37.3 Å². The molecule has 0 aliphatic carbocycles. The number of benzene rings is 1. The summed E-state index contributed by atoms with van der Waals surface area (Å²) in [6, 6.07) is 8.37. The Morgan fingerprint density at radius 1 is 1.26 bits per heavy atom. The highest BCUT2D eigenvalue weighted by Gasteiger charge is 2.28. The van der Waals surface area contributed by atoms with Crippen molar-refractivity contribution in [1.82, 2.24) is 14.4 Å². The van der Waals surface area contributed by atoms with Crippen molar-refractivity contribution in [3.8, 4) is 0 Å². The number of amides is 1. The molecule has 8 nitrogen and oxygen atoms in total. The Hall–Kier alpha value is -1.75. The van der Waals surface area contributed by atoms with E-state index in [2.05, 4.69) is 31.3 Å². The van der Waals surface area contributed by atoms with Crippen molar-refractivity contribution in [2.75, 3.05) is 38.0 Å². The van der Waals surface area contributed by atoms with Gasteiger partial charge < -0.3 is 14.7 Å². The molecule has 1 amide bonds. The van der Waals surface area contributed by atoms with Crippen molar-refractivity contribution in [3.05, 3.63) is 40.6 Å². The summed E-state index contributed by atoms with van der Waals surface area (Å²) in [6.07, 6.45) is 0.310. The second-order valence-corrected chi connectivity index (χ2v) is 9.18. The number of hydrogen-bond acceptors (Lipinski definition) is 6. The number of aryl methyl sites for hydroxylation is 1. The number of halogens is 1. The minimum absolute atomic E-state index is 0.146. The lowest BCUT2D eigenvalue weighted by molar-refractivity contribution is -0.116. The lowest BCUT2D eigenvalue weighted by Gasteiger charge is -2.33. The van der Waals surface area contributed by atoms with Gasteiger partial charge in [-0.15, -0.1) is 0 Å². The number of anilines is 1. The Morgan fingerprint density at radius 2 is 2.00 bits per heavy atom. The van der Waals surface area contributed by atoms with Crippen LogP contribution in [-0.2, 0) is 14.8 Å². The van der Waals surface area contributed by atoms with Gasteiger partial charge >= 0.3 is 0 Å². The van der Waals surface area contributed by atoms with Crippen molar-refractivity contribution in [3.63, 3.8) is 0 Å². The quantitative estimate of drug-likeness (QED) is 0.714. The second-order valence-electron chi connectivity index (χ2n) is 6.32. The van der Waals surface area contributed by atoms with Crippen LogP contribution in [0.3, 0.4) is 0 Å². The second kappa shape index (κ2) is 8.51. The van der Waals surface area contributed by atoms with Gasteiger partial charge in [-0.3, -0.25) is 4.79 Å². The van der Waals surface area contributed by atoms with Crippen LogP contribution in [0, 0.1) is 6.92 Å². The van der Waals surface area contributed by atoms with Gasteiger partial charge in [0.05, 0.1) is 4.90 Å². The monoisotopic (exact) mass is 456 g/mol. The molecule has 146 valence electrons. The maximum absolute atomic E-state index is 12.7. The van der Waals surface area contributed by atoms with E-state index in [-0.39, 0.29) is 10.8 Å². The minimum Gasteiger partial charge on any atom is -0.360 e. The van der Waals surface area contributed by atoms with Crippen molar-refractivity contribution in [2.45, 2.75) is 18.2 Å². The summed E-state index contributed by atoms with van der Waals surface area (Å²) in [5.74, 6) is 0.892. The van der Waals surface area contributed by atoms with Crippen LogP contribution in [-0.4, -0.2) is 61.4 Å². The van der Waals surface area contributed by atoms with E-state index in [1.807, 2.05) is 0 Å². The molecular weight excluding hydrogens is 436 g/mol. The van der Waals surface area contributed by atoms with Crippen LogP contribution >= 0.6 is 15.9 Å². The number of hydrogen-bond donors (Lipinski definition) is 1. The van der Waals surface area contributed by atoms with Gasteiger partial charge in [0, 0.05) is 49.7 Å². The number of aromatic nitrogens is 1. The van der Waals surface area contributed by atoms with E-state index in [1.165, 1.54) is 4.31 Å². The molecule has 0 atom stereocenters. The van der Waals surface area contributed by atoms with E-state index in [9.17, 15) is 13.2 Å². The Balaban J connectivity index is 1.48. The van der Waals surface area contributed by atoms with Crippen LogP contribution in [0.1, 0.15) is 12.2 Å².